The van der Waals surface area contributed by atoms with Gasteiger partial charge in [-0.15, -0.1) is 0 Å². The number of likely N-dealkylation sites (tertiary alicyclic amines) is 1. The summed E-state index contributed by atoms with van der Waals surface area (Å²) < 4.78 is 10.8. The standard InChI is InChI=1S/C15H15N3O3/c1-15(2)8-12(18-5-3-4-14(18)19)9-6-10-11(17-21-16-10)7-13(9)20-15/h6-8H,3-5H2,1-2H3. The van der Waals surface area contributed by atoms with Crippen LogP contribution in [0.25, 0.3) is 16.7 Å². The largest absolute Gasteiger partial charge is 0.483 e. The lowest BCUT2D eigenvalue weighted by Crippen LogP contribution is -2.34. The van der Waals surface area contributed by atoms with E-state index in [4.69, 9.17) is 9.37 Å². The van der Waals surface area contributed by atoms with Crippen molar-refractivity contribution in [2.45, 2.75) is 32.3 Å². The monoisotopic (exact) mass is 285 g/mol. The van der Waals surface area contributed by atoms with Gasteiger partial charge in [0.05, 0.1) is 5.70 Å². The van der Waals surface area contributed by atoms with Gasteiger partial charge in [-0.1, -0.05) is 0 Å². The normalized spacial score (nSPS) is 20.4. The Bertz CT molecular complexity index is 776. The molecule has 3 heterocycles. The summed E-state index contributed by atoms with van der Waals surface area (Å²) in [6, 6.07) is 3.68. The van der Waals surface area contributed by atoms with Crippen LogP contribution in [0.3, 0.4) is 0 Å². The molecule has 4 rings (SSSR count). The number of benzene rings is 1. The summed E-state index contributed by atoms with van der Waals surface area (Å²) in [5.74, 6) is 0.865. The zero-order chi connectivity index (χ0) is 14.6. The molecular formula is C15H15N3O3. The van der Waals surface area contributed by atoms with Gasteiger partial charge in [-0.25, -0.2) is 4.63 Å². The Balaban J connectivity index is 1.92. The molecule has 21 heavy (non-hydrogen) atoms. The molecule has 0 unspecified atom stereocenters. The number of amides is 1. The van der Waals surface area contributed by atoms with Crippen molar-refractivity contribution in [3.8, 4) is 5.75 Å². The van der Waals surface area contributed by atoms with Gasteiger partial charge in [0.2, 0.25) is 5.91 Å². The highest BCUT2D eigenvalue weighted by Crippen LogP contribution is 2.40. The maximum Gasteiger partial charge on any atom is 0.227 e. The molecule has 1 amide bonds. The minimum Gasteiger partial charge on any atom is -0.483 e. The smallest absolute Gasteiger partial charge is 0.227 e. The van der Waals surface area contributed by atoms with Gasteiger partial charge in [-0.2, -0.15) is 0 Å². The molecule has 1 aromatic heterocycles. The summed E-state index contributed by atoms with van der Waals surface area (Å²) in [5.41, 5.74) is 2.60. The van der Waals surface area contributed by atoms with E-state index in [2.05, 4.69) is 10.3 Å². The lowest BCUT2D eigenvalue weighted by Gasteiger charge is -2.34. The van der Waals surface area contributed by atoms with Crippen LogP contribution in [0.2, 0.25) is 0 Å². The van der Waals surface area contributed by atoms with Crippen molar-refractivity contribution in [2.75, 3.05) is 6.54 Å². The molecule has 2 aromatic rings. The summed E-state index contributed by atoms with van der Waals surface area (Å²) in [6.07, 6.45) is 3.49. The number of hydrogen-bond acceptors (Lipinski definition) is 5. The van der Waals surface area contributed by atoms with Crippen molar-refractivity contribution in [1.29, 1.82) is 0 Å². The Hall–Kier alpha value is -2.37. The Morgan fingerprint density at radius 3 is 2.71 bits per heavy atom. The highest BCUT2D eigenvalue weighted by molar-refractivity contribution is 5.92. The number of nitrogens with zero attached hydrogens (tertiary/aromatic N) is 3. The van der Waals surface area contributed by atoms with E-state index in [0.717, 1.165) is 24.2 Å². The Morgan fingerprint density at radius 2 is 2.00 bits per heavy atom. The van der Waals surface area contributed by atoms with Gasteiger partial charge >= 0.3 is 0 Å². The van der Waals surface area contributed by atoms with Crippen LogP contribution in [-0.2, 0) is 4.79 Å². The maximum absolute atomic E-state index is 12.1. The van der Waals surface area contributed by atoms with E-state index in [0.29, 0.717) is 23.2 Å². The van der Waals surface area contributed by atoms with Crippen LogP contribution in [-0.4, -0.2) is 33.3 Å². The fraction of sp³-hybridized carbons (Fsp3) is 0.400. The van der Waals surface area contributed by atoms with Crippen LogP contribution in [0.5, 0.6) is 5.75 Å². The summed E-state index contributed by atoms with van der Waals surface area (Å²) >= 11 is 0. The Morgan fingerprint density at radius 1 is 1.24 bits per heavy atom. The SMILES string of the molecule is CC1(C)C=C(N2CCCC2=O)c2cc3nonc3cc2O1. The number of ether oxygens (including phenoxy) is 1. The van der Waals surface area contributed by atoms with E-state index in [1.165, 1.54) is 0 Å². The number of carbonyl (C=O) groups excluding carboxylic acids is 1. The average molecular weight is 285 g/mol. The number of rotatable bonds is 1. The lowest BCUT2D eigenvalue weighted by molar-refractivity contribution is -0.124. The number of hydrogen-bond donors (Lipinski definition) is 0. The molecule has 108 valence electrons. The molecule has 0 saturated carbocycles. The van der Waals surface area contributed by atoms with Crippen molar-refractivity contribution in [2.24, 2.45) is 0 Å². The molecule has 0 radical (unpaired) electrons. The van der Waals surface area contributed by atoms with E-state index in [1.807, 2.05) is 37.0 Å². The van der Waals surface area contributed by atoms with Crippen molar-refractivity contribution in [3.63, 3.8) is 0 Å². The quantitative estimate of drug-likeness (QED) is 0.804. The van der Waals surface area contributed by atoms with Crippen molar-refractivity contribution < 1.29 is 14.2 Å². The first-order chi connectivity index (χ1) is 10.0. The Labute approximate surface area is 121 Å². The molecule has 0 N–H and O–H groups in total. The first-order valence-electron chi connectivity index (χ1n) is 7.02. The molecule has 0 spiro atoms. The van der Waals surface area contributed by atoms with Crippen LogP contribution in [0.15, 0.2) is 22.8 Å². The number of fused-ring (bicyclic) bond motifs is 2. The predicted octanol–water partition coefficient (Wildman–Crippen LogP) is 2.36. The second kappa shape index (κ2) is 4.07. The summed E-state index contributed by atoms with van der Waals surface area (Å²) in [6.45, 7) is 4.69. The first-order valence-corrected chi connectivity index (χ1v) is 7.02. The fourth-order valence-electron chi connectivity index (χ4n) is 2.94. The molecule has 6 nitrogen and oxygen atoms in total. The van der Waals surface area contributed by atoms with Gasteiger partial charge in [0.1, 0.15) is 22.4 Å². The zero-order valence-corrected chi connectivity index (χ0v) is 11.9. The van der Waals surface area contributed by atoms with Gasteiger partial charge in [-0.3, -0.25) is 4.79 Å². The van der Waals surface area contributed by atoms with E-state index in [-0.39, 0.29) is 5.91 Å². The third-order valence-corrected chi connectivity index (χ3v) is 3.85. The van der Waals surface area contributed by atoms with Gasteiger partial charge in [-0.05, 0) is 42.7 Å². The van der Waals surface area contributed by atoms with E-state index < -0.39 is 5.60 Å². The highest BCUT2D eigenvalue weighted by Gasteiger charge is 2.33. The molecule has 2 aliphatic rings. The van der Waals surface area contributed by atoms with E-state index in [1.54, 1.807) is 0 Å². The minimum absolute atomic E-state index is 0.156. The molecule has 0 bridgehead atoms. The average Bonchev–Trinajstić information content (AvgIpc) is 3.02. The van der Waals surface area contributed by atoms with E-state index >= 15 is 0 Å². The van der Waals surface area contributed by atoms with Crippen LogP contribution in [0, 0.1) is 0 Å². The molecule has 6 heteroatoms. The zero-order valence-electron chi connectivity index (χ0n) is 11.9. The second-order valence-corrected chi connectivity index (χ2v) is 5.99. The van der Waals surface area contributed by atoms with Crippen LogP contribution < -0.4 is 4.74 Å². The second-order valence-electron chi connectivity index (χ2n) is 5.99. The summed E-state index contributed by atoms with van der Waals surface area (Å²) in [4.78, 5) is 13.9. The van der Waals surface area contributed by atoms with Crippen LogP contribution in [0.1, 0.15) is 32.3 Å². The van der Waals surface area contributed by atoms with Gasteiger partial charge in [0, 0.05) is 24.6 Å². The third kappa shape index (κ3) is 1.90. The first kappa shape index (κ1) is 12.4. The van der Waals surface area contributed by atoms with E-state index in [9.17, 15) is 4.79 Å². The summed E-state index contributed by atoms with van der Waals surface area (Å²) in [5, 5.41) is 7.72. The van der Waals surface area contributed by atoms with Gasteiger partial charge in [0.25, 0.3) is 0 Å². The predicted molar refractivity (Wildman–Crippen MR) is 75.4 cm³/mol. The number of aromatic nitrogens is 2. The molecule has 0 atom stereocenters. The topological polar surface area (TPSA) is 68.5 Å². The fourth-order valence-corrected chi connectivity index (χ4v) is 2.94. The molecule has 1 fully saturated rings. The molecule has 2 aliphatic heterocycles. The molecular weight excluding hydrogens is 270 g/mol. The van der Waals surface area contributed by atoms with Gasteiger partial charge in [0.15, 0.2) is 0 Å². The summed E-state index contributed by atoms with van der Waals surface area (Å²) in [7, 11) is 0. The Kier molecular flexibility index (Phi) is 2.40. The molecule has 1 saturated heterocycles. The lowest BCUT2D eigenvalue weighted by atomic mass is 9.98. The van der Waals surface area contributed by atoms with Crippen LogP contribution >= 0.6 is 0 Å². The van der Waals surface area contributed by atoms with Crippen molar-refractivity contribution in [3.05, 3.63) is 23.8 Å². The van der Waals surface area contributed by atoms with Gasteiger partial charge < -0.3 is 9.64 Å². The number of carbonyl (C=O) groups is 1. The molecule has 1 aromatic carbocycles. The third-order valence-electron chi connectivity index (χ3n) is 3.85. The highest BCUT2D eigenvalue weighted by atomic mass is 16.6. The van der Waals surface area contributed by atoms with Crippen LogP contribution in [0.4, 0.5) is 0 Å². The van der Waals surface area contributed by atoms with Crippen molar-refractivity contribution >= 4 is 22.6 Å². The van der Waals surface area contributed by atoms with Crippen molar-refractivity contribution in [1.82, 2.24) is 15.2 Å². The molecule has 0 aliphatic carbocycles. The minimum atomic E-state index is -0.476. The maximum atomic E-state index is 12.1.